The first-order valence-corrected chi connectivity index (χ1v) is 11.6. The molecule has 0 spiro atoms. The standard InChI is InChI=1S/C28H29NO7/c1-33-21-11-7-19(8-12-21)17-35-16-15-25(30)28(36-18-20-9-13-22(34-2)14-10-20)29-26(31)23-5-3-4-6-24(23)27(29)32/h3-14,25,28,30H,15-18H2,1-2H3. The van der Waals surface area contributed by atoms with Crippen LogP contribution in [-0.4, -0.2) is 55.0 Å². The zero-order chi connectivity index (χ0) is 25.5. The molecule has 1 aliphatic rings. The van der Waals surface area contributed by atoms with Crippen LogP contribution < -0.4 is 9.47 Å². The molecule has 2 amide bonds. The highest BCUT2D eigenvalue weighted by Gasteiger charge is 2.43. The predicted octanol–water partition coefficient (Wildman–Crippen LogP) is 3.81. The van der Waals surface area contributed by atoms with Gasteiger partial charge in [0.05, 0.1) is 38.6 Å². The molecular formula is C28H29NO7. The smallest absolute Gasteiger partial charge is 0.263 e. The summed E-state index contributed by atoms with van der Waals surface area (Å²) in [6, 6.07) is 21.3. The van der Waals surface area contributed by atoms with Gasteiger partial charge in [0.25, 0.3) is 11.8 Å². The Kier molecular flexibility index (Phi) is 8.32. The SMILES string of the molecule is COc1ccc(COCCC(O)C(OCc2ccc(OC)cc2)N2C(=O)c3ccccc3C2=O)cc1. The topological polar surface area (TPSA) is 94.5 Å². The third kappa shape index (κ3) is 5.73. The van der Waals surface area contributed by atoms with E-state index < -0.39 is 24.1 Å². The van der Waals surface area contributed by atoms with E-state index in [1.54, 1.807) is 50.6 Å². The van der Waals surface area contributed by atoms with Gasteiger partial charge in [-0.25, -0.2) is 4.90 Å². The van der Waals surface area contributed by atoms with Crippen molar-refractivity contribution in [3.63, 3.8) is 0 Å². The van der Waals surface area contributed by atoms with Crippen molar-refractivity contribution in [1.82, 2.24) is 4.90 Å². The summed E-state index contributed by atoms with van der Waals surface area (Å²) in [5, 5.41) is 11.0. The second-order valence-corrected chi connectivity index (χ2v) is 8.33. The van der Waals surface area contributed by atoms with Gasteiger partial charge in [-0.1, -0.05) is 36.4 Å². The van der Waals surface area contributed by atoms with E-state index in [9.17, 15) is 14.7 Å². The van der Waals surface area contributed by atoms with E-state index in [-0.39, 0.29) is 19.6 Å². The number of hydrogen-bond acceptors (Lipinski definition) is 7. The lowest BCUT2D eigenvalue weighted by molar-refractivity contribution is -0.111. The Morgan fingerprint density at radius 2 is 1.25 bits per heavy atom. The van der Waals surface area contributed by atoms with Crippen LogP contribution in [0.1, 0.15) is 38.3 Å². The average molecular weight is 492 g/mol. The van der Waals surface area contributed by atoms with Crippen molar-refractivity contribution >= 4 is 11.8 Å². The third-order valence-corrected chi connectivity index (χ3v) is 5.97. The van der Waals surface area contributed by atoms with Gasteiger partial charge in [0.15, 0.2) is 6.23 Å². The quantitative estimate of drug-likeness (QED) is 0.304. The Morgan fingerprint density at radius 3 is 1.75 bits per heavy atom. The van der Waals surface area contributed by atoms with Crippen molar-refractivity contribution in [2.75, 3.05) is 20.8 Å². The van der Waals surface area contributed by atoms with E-state index in [4.69, 9.17) is 18.9 Å². The van der Waals surface area contributed by atoms with E-state index in [0.717, 1.165) is 21.8 Å². The fourth-order valence-electron chi connectivity index (χ4n) is 3.96. The van der Waals surface area contributed by atoms with Gasteiger partial charge < -0.3 is 24.1 Å². The highest BCUT2D eigenvalue weighted by Crippen LogP contribution is 2.27. The number of rotatable bonds is 12. The minimum Gasteiger partial charge on any atom is -0.497 e. The van der Waals surface area contributed by atoms with Crippen molar-refractivity contribution in [3.05, 3.63) is 95.1 Å². The highest BCUT2D eigenvalue weighted by atomic mass is 16.5. The summed E-state index contributed by atoms with van der Waals surface area (Å²) in [6.45, 7) is 0.645. The largest absolute Gasteiger partial charge is 0.497 e. The van der Waals surface area contributed by atoms with Crippen LogP contribution in [-0.2, 0) is 22.7 Å². The second kappa shape index (κ2) is 11.8. The monoisotopic (exact) mass is 491 g/mol. The van der Waals surface area contributed by atoms with Crippen LogP contribution in [0.25, 0.3) is 0 Å². The molecule has 0 aromatic heterocycles. The molecule has 2 unspecified atom stereocenters. The fraction of sp³-hybridized carbons (Fsp3) is 0.286. The van der Waals surface area contributed by atoms with Crippen LogP contribution in [0, 0.1) is 0 Å². The Balaban J connectivity index is 1.42. The molecule has 0 bridgehead atoms. The van der Waals surface area contributed by atoms with Gasteiger partial charge in [-0.3, -0.25) is 9.59 Å². The first-order valence-electron chi connectivity index (χ1n) is 11.6. The lowest BCUT2D eigenvalue weighted by Gasteiger charge is -2.30. The molecule has 2 atom stereocenters. The predicted molar refractivity (Wildman–Crippen MR) is 132 cm³/mol. The van der Waals surface area contributed by atoms with Crippen LogP contribution >= 0.6 is 0 Å². The fourth-order valence-corrected chi connectivity index (χ4v) is 3.96. The number of aliphatic hydroxyl groups is 1. The molecule has 36 heavy (non-hydrogen) atoms. The first kappa shape index (κ1) is 25.4. The molecule has 0 radical (unpaired) electrons. The molecule has 4 rings (SSSR count). The molecule has 8 nitrogen and oxygen atoms in total. The second-order valence-electron chi connectivity index (χ2n) is 8.33. The molecule has 1 heterocycles. The number of imide groups is 1. The maximum Gasteiger partial charge on any atom is 0.263 e. The summed E-state index contributed by atoms with van der Waals surface area (Å²) in [4.78, 5) is 27.1. The van der Waals surface area contributed by atoms with E-state index in [0.29, 0.717) is 23.5 Å². The number of methoxy groups -OCH3 is 2. The van der Waals surface area contributed by atoms with E-state index in [1.165, 1.54) is 0 Å². The molecule has 8 heteroatoms. The summed E-state index contributed by atoms with van der Waals surface area (Å²) in [5.41, 5.74) is 2.35. The van der Waals surface area contributed by atoms with Gasteiger partial charge in [0.1, 0.15) is 17.6 Å². The van der Waals surface area contributed by atoms with Crippen LogP contribution in [0.2, 0.25) is 0 Å². The van der Waals surface area contributed by atoms with Gasteiger partial charge in [0.2, 0.25) is 0 Å². The average Bonchev–Trinajstić information content (AvgIpc) is 3.17. The number of benzene rings is 3. The maximum absolute atomic E-state index is 13.1. The van der Waals surface area contributed by atoms with Crippen molar-refractivity contribution in [2.24, 2.45) is 0 Å². The summed E-state index contributed by atoms with van der Waals surface area (Å²) in [5.74, 6) is 0.471. The minimum atomic E-state index is -1.18. The number of amides is 2. The summed E-state index contributed by atoms with van der Waals surface area (Å²) in [6.07, 6.45) is -2.16. The molecule has 0 saturated heterocycles. The normalized spacial score (nSPS) is 14.5. The van der Waals surface area contributed by atoms with Gasteiger partial charge in [-0.05, 0) is 47.5 Å². The number of nitrogens with zero attached hydrogens (tertiary/aromatic N) is 1. The molecule has 0 fully saturated rings. The first-order chi connectivity index (χ1) is 17.5. The third-order valence-electron chi connectivity index (χ3n) is 5.97. The van der Waals surface area contributed by atoms with Crippen LogP contribution in [0.5, 0.6) is 11.5 Å². The number of hydrogen-bond donors (Lipinski definition) is 1. The van der Waals surface area contributed by atoms with Crippen molar-refractivity contribution < 1.29 is 33.6 Å². The number of fused-ring (bicyclic) bond motifs is 1. The summed E-state index contributed by atoms with van der Waals surface area (Å²) in [7, 11) is 3.19. The number of aliphatic hydroxyl groups excluding tert-OH is 1. The lowest BCUT2D eigenvalue weighted by Crippen LogP contribution is -2.48. The van der Waals surface area contributed by atoms with Crippen LogP contribution in [0.3, 0.4) is 0 Å². The zero-order valence-electron chi connectivity index (χ0n) is 20.3. The van der Waals surface area contributed by atoms with Gasteiger partial charge in [-0.15, -0.1) is 0 Å². The van der Waals surface area contributed by atoms with Crippen LogP contribution in [0.15, 0.2) is 72.8 Å². The maximum atomic E-state index is 13.1. The Bertz CT molecular complexity index is 1140. The molecule has 1 aliphatic heterocycles. The molecule has 188 valence electrons. The van der Waals surface area contributed by atoms with Crippen molar-refractivity contribution in [1.29, 1.82) is 0 Å². The van der Waals surface area contributed by atoms with Crippen LogP contribution in [0.4, 0.5) is 0 Å². The Hall–Kier alpha value is -3.72. The summed E-state index contributed by atoms with van der Waals surface area (Å²) >= 11 is 0. The molecule has 1 N–H and O–H groups in total. The highest BCUT2D eigenvalue weighted by molar-refractivity contribution is 6.21. The Morgan fingerprint density at radius 1 is 0.750 bits per heavy atom. The Labute approximate surface area is 210 Å². The lowest BCUT2D eigenvalue weighted by atomic mass is 10.1. The van der Waals surface area contributed by atoms with Gasteiger partial charge in [-0.2, -0.15) is 0 Å². The molecule has 0 aliphatic carbocycles. The zero-order valence-corrected chi connectivity index (χ0v) is 20.3. The van der Waals surface area contributed by atoms with E-state index in [1.807, 2.05) is 36.4 Å². The molecular weight excluding hydrogens is 462 g/mol. The number of carbonyl (C=O) groups is 2. The van der Waals surface area contributed by atoms with Crippen molar-refractivity contribution in [3.8, 4) is 11.5 Å². The van der Waals surface area contributed by atoms with Gasteiger partial charge >= 0.3 is 0 Å². The molecule has 3 aromatic rings. The van der Waals surface area contributed by atoms with E-state index in [2.05, 4.69) is 0 Å². The number of ether oxygens (including phenoxy) is 4. The van der Waals surface area contributed by atoms with Gasteiger partial charge in [0, 0.05) is 13.0 Å². The molecule has 0 saturated carbocycles. The molecule has 3 aromatic carbocycles. The number of carbonyl (C=O) groups excluding carboxylic acids is 2. The van der Waals surface area contributed by atoms with Crippen molar-refractivity contribution in [2.45, 2.75) is 32.0 Å². The van der Waals surface area contributed by atoms with E-state index >= 15 is 0 Å². The minimum absolute atomic E-state index is 0.0891. The summed E-state index contributed by atoms with van der Waals surface area (Å²) < 4.78 is 22.0.